The van der Waals surface area contributed by atoms with E-state index in [9.17, 15) is 4.79 Å². The van der Waals surface area contributed by atoms with Crippen molar-refractivity contribution < 1.29 is 4.79 Å². The van der Waals surface area contributed by atoms with Crippen molar-refractivity contribution in [2.24, 2.45) is 0 Å². The van der Waals surface area contributed by atoms with Gasteiger partial charge in [0, 0.05) is 21.8 Å². The molecule has 3 heterocycles. The van der Waals surface area contributed by atoms with Gasteiger partial charge in [-0.1, -0.05) is 54.1 Å². The number of aromatic nitrogens is 3. The third-order valence-electron chi connectivity index (χ3n) is 5.25. The summed E-state index contributed by atoms with van der Waals surface area (Å²) in [6, 6.07) is 21.2. The van der Waals surface area contributed by atoms with Crippen LogP contribution in [0.1, 0.15) is 23.4 Å². The zero-order valence-electron chi connectivity index (χ0n) is 17.2. The fourth-order valence-electron chi connectivity index (χ4n) is 3.70. The first-order chi connectivity index (χ1) is 15.1. The molecule has 0 aliphatic carbocycles. The van der Waals surface area contributed by atoms with Crippen LogP contribution in [-0.2, 0) is 4.79 Å². The summed E-state index contributed by atoms with van der Waals surface area (Å²) in [5.41, 5.74) is 4.26. The molecule has 2 aromatic carbocycles. The number of rotatable bonds is 4. The Morgan fingerprint density at radius 2 is 1.81 bits per heavy atom. The molecule has 6 nitrogen and oxygen atoms in total. The van der Waals surface area contributed by atoms with E-state index in [0.29, 0.717) is 17.3 Å². The van der Waals surface area contributed by atoms with Crippen LogP contribution in [-0.4, -0.2) is 20.7 Å². The van der Waals surface area contributed by atoms with Crippen LogP contribution in [0.25, 0.3) is 11.4 Å². The molecule has 154 valence electrons. The van der Waals surface area contributed by atoms with E-state index in [4.69, 9.17) is 10.1 Å². The van der Waals surface area contributed by atoms with E-state index in [1.54, 1.807) is 11.3 Å². The quantitative estimate of drug-likeness (QED) is 0.467. The maximum absolute atomic E-state index is 13.3. The summed E-state index contributed by atoms with van der Waals surface area (Å²) in [4.78, 5) is 19.1. The van der Waals surface area contributed by atoms with Crippen LogP contribution in [0.4, 0.5) is 11.6 Å². The molecule has 2 N–H and O–H groups in total. The second-order valence-corrected chi connectivity index (χ2v) is 8.45. The Labute approximate surface area is 184 Å². The third kappa shape index (κ3) is 3.64. The normalized spacial score (nSPS) is 15.4. The lowest BCUT2D eigenvalue weighted by Crippen LogP contribution is -2.31. The topological polar surface area (TPSA) is 71.8 Å². The van der Waals surface area contributed by atoms with Crippen molar-refractivity contribution >= 4 is 28.9 Å². The average molecular weight is 428 g/mol. The second kappa shape index (κ2) is 7.85. The maximum Gasteiger partial charge on any atom is 0.255 e. The molecule has 0 saturated heterocycles. The summed E-state index contributed by atoms with van der Waals surface area (Å²) < 4.78 is 1.81. The Morgan fingerprint density at radius 3 is 2.52 bits per heavy atom. The molecule has 0 radical (unpaired) electrons. The van der Waals surface area contributed by atoms with Gasteiger partial charge in [0.05, 0.1) is 5.57 Å². The standard InChI is InChI=1S/C24H21N5OS/c1-15-10-12-17(13-11-15)22-27-24-25-16(2)20(23(30)26-18-7-4-3-5-8-18)21(29(24)28-22)19-9-6-14-31-19/h3-14,21H,1-2H3,(H,26,30)(H,25,27,28). The largest absolute Gasteiger partial charge is 0.328 e. The maximum atomic E-state index is 13.3. The first-order valence-corrected chi connectivity index (χ1v) is 10.9. The van der Waals surface area contributed by atoms with Gasteiger partial charge in [0.15, 0.2) is 5.82 Å². The number of thiophene rings is 1. The number of nitrogens with zero attached hydrogens (tertiary/aromatic N) is 3. The highest BCUT2D eigenvalue weighted by Gasteiger charge is 2.35. The smallest absolute Gasteiger partial charge is 0.255 e. The molecular weight excluding hydrogens is 406 g/mol. The molecule has 4 aromatic rings. The Balaban J connectivity index is 1.57. The fraction of sp³-hybridized carbons (Fsp3) is 0.125. The van der Waals surface area contributed by atoms with E-state index in [2.05, 4.69) is 17.6 Å². The summed E-state index contributed by atoms with van der Waals surface area (Å²) in [6.07, 6.45) is 0. The van der Waals surface area contributed by atoms with E-state index in [1.165, 1.54) is 5.56 Å². The molecule has 2 aromatic heterocycles. The molecule has 0 bridgehead atoms. The summed E-state index contributed by atoms with van der Waals surface area (Å²) in [7, 11) is 0. The Hall–Kier alpha value is -3.71. The molecule has 1 unspecified atom stereocenters. The number of nitrogens with one attached hydrogen (secondary N) is 2. The fourth-order valence-corrected chi connectivity index (χ4v) is 4.52. The van der Waals surface area contributed by atoms with Gasteiger partial charge in [0.1, 0.15) is 6.04 Å². The number of amides is 1. The van der Waals surface area contributed by atoms with E-state index in [-0.39, 0.29) is 11.9 Å². The van der Waals surface area contributed by atoms with Gasteiger partial charge in [-0.2, -0.15) is 4.98 Å². The molecule has 1 atom stereocenters. The monoisotopic (exact) mass is 427 g/mol. The highest BCUT2D eigenvalue weighted by molar-refractivity contribution is 7.10. The summed E-state index contributed by atoms with van der Waals surface area (Å²) in [6.45, 7) is 3.96. The molecule has 0 fully saturated rings. The van der Waals surface area contributed by atoms with E-state index in [1.807, 2.05) is 83.7 Å². The van der Waals surface area contributed by atoms with Gasteiger partial charge in [-0.05, 0) is 37.4 Å². The SMILES string of the molecule is CC1=C(C(=O)Nc2ccccc2)C(c2cccs2)n2nc(-c3ccc(C)cc3)nc2N1. The van der Waals surface area contributed by atoms with Gasteiger partial charge >= 0.3 is 0 Å². The van der Waals surface area contributed by atoms with Crippen molar-refractivity contribution in [1.29, 1.82) is 0 Å². The van der Waals surface area contributed by atoms with Crippen LogP contribution in [0.15, 0.2) is 83.4 Å². The van der Waals surface area contributed by atoms with Crippen LogP contribution in [0, 0.1) is 6.92 Å². The predicted octanol–water partition coefficient (Wildman–Crippen LogP) is 5.24. The number of benzene rings is 2. The average Bonchev–Trinajstić information content (AvgIpc) is 3.44. The molecule has 5 rings (SSSR count). The Morgan fingerprint density at radius 1 is 1.03 bits per heavy atom. The number of aryl methyl sites for hydroxylation is 1. The van der Waals surface area contributed by atoms with Gasteiger partial charge in [0.25, 0.3) is 5.91 Å². The van der Waals surface area contributed by atoms with Crippen LogP contribution in [0.2, 0.25) is 0 Å². The molecule has 1 aliphatic heterocycles. The second-order valence-electron chi connectivity index (χ2n) is 7.47. The molecular formula is C24H21N5OS. The minimum absolute atomic E-state index is 0.160. The van der Waals surface area contributed by atoms with Gasteiger partial charge in [-0.25, -0.2) is 4.68 Å². The van der Waals surface area contributed by atoms with Crippen LogP contribution in [0.5, 0.6) is 0 Å². The van der Waals surface area contributed by atoms with Gasteiger partial charge in [-0.15, -0.1) is 16.4 Å². The highest BCUT2D eigenvalue weighted by atomic mass is 32.1. The number of carbonyl (C=O) groups is 1. The Kier molecular flexibility index (Phi) is 4.88. The van der Waals surface area contributed by atoms with E-state index in [0.717, 1.165) is 21.8 Å². The lowest BCUT2D eigenvalue weighted by atomic mass is 10.0. The number of allylic oxidation sites excluding steroid dienone is 1. The van der Waals surface area contributed by atoms with Crippen molar-refractivity contribution in [3.8, 4) is 11.4 Å². The van der Waals surface area contributed by atoms with Crippen LogP contribution < -0.4 is 10.6 Å². The lowest BCUT2D eigenvalue weighted by molar-refractivity contribution is -0.113. The summed E-state index contributed by atoms with van der Waals surface area (Å²) >= 11 is 1.60. The molecule has 0 saturated carbocycles. The lowest BCUT2D eigenvalue weighted by Gasteiger charge is -2.27. The molecule has 7 heteroatoms. The number of hydrogen-bond donors (Lipinski definition) is 2. The first-order valence-electron chi connectivity index (χ1n) is 10.0. The van der Waals surface area contributed by atoms with Crippen molar-refractivity contribution in [3.63, 3.8) is 0 Å². The highest BCUT2D eigenvalue weighted by Crippen LogP contribution is 2.38. The Bertz CT molecular complexity index is 1260. The molecule has 1 amide bonds. The van der Waals surface area contributed by atoms with Crippen molar-refractivity contribution in [1.82, 2.24) is 14.8 Å². The number of carbonyl (C=O) groups excluding carboxylic acids is 1. The van der Waals surface area contributed by atoms with Gasteiger partial charge in [-0.3, -0.25) is 4.79 Å². The molecule has 31 heavy (non-hydrogen) atoms. The van der Waals surface area contributed by atoms with Crippen molar-refractivity contribution in [2.45, 2.75) is 19.9 Å². The van der Waals surface area contributed by atoms with Gasteiger partial charge in [0.2, 0.25) is 5.95 Å². The number of para-hydroxylation sites is 1. The predicted molar refractivity (Wildman–Crippen MR) is 124 cm³/mol. The zero-order valence-corrected chi connectivity index (χ0v) is 18.0. The van der Waals surface area contributed by atoms with Gasteiger partial charge < -0.3 is 10.6 Å². The molecule has 0 spiro atoms. The zero-order chi connectivity index (χ0) is 21.4. The number of anilines is 2. The first kappa shape index (κ1) is 19.3. The number of fused-ring (bicyclic) bond motifs is 1. The minimum Gasteiger partial charge on any atom is -0.328 e. The van der Waals surface area contributed by atoms with Crippen molar-refractivity contribution in [3.05, 3.63) is 93.8 Å². The third-order valence-corrected chi connectivity index (χ3v) is 6.18. The minimum atomic E-state index is -0.355. The van der Waals surface area contributed by atoms with E-state index >= 15 is 0 Å². The molecule has 1 aliphatic rings. The van der Waals surface area contributed by atoms with E-state index < -0.39 is 0 Å². The summed E-state index contributed by atoms with van der Waals surface area (Å²) in [5.74, 6) is 1.09. The summed E-state index contributed by atoms with van der Waals surface area (Å²) in [5, 5.41) is 13.1. The van der Waals surface area contributed by atoms with Crippen molar-refractivity contribution in [2.75, 3.05) is 10.6 Å². The van der Waals surface area contributed by atoms with Crippen LogP contribution in [0.3, 0.4) is 0 Å². The van der Waals surface area contributed by atoms with Crippen LogP contribution >= 0.6 is 11.3 Å². The number of hydrogen-bond acceptors (Lipinski definition) is 5.